The van der Waals surface area contributed by atoms with Crippen molar-refractivity contribution >= 4 is 40.4 Å². The van der Waals surface area contributed by atoms with Crippen molar-refractivity contribution in [3.63, 3.8) is 0 Å². The van der Waals surface area contributed by atoms with Crippen LogP contribution in [0.2, 0.25) is 0 Å². The van der Waals surface area contributed by atoms with Crippen LogP contribution >= 0.6 is 0 Å². The van der Waals surface area contributed by atoms with Gasteiger partial charge in [0.2, 0.25) is 5.91 Å². The summed E-state index contributed by atoms with van der Waals surface area (Å²) >= 11 is 0. The summed E-state index contributed by atoms with van der Waals surface area (Å²) in [5, 5.41) is 11.3. The predicted molar refractivity (Wildman–Crippen MR) is 140 cm³/mol. The first-order valence-electron chi connectivity index (χ1n) is 11.1. The number of aromatic nitrogens is 2. The minimum absolute atomic E-state index is 0.203. The fraction of sp³-hybridized carbons (Fsp3) is 0.0370. The van der Waals surface area contributed by atoms with E-state index in [9.17, 15) is 14.0 Å². The van der Waals surface area contributed by atoms with Crippen LogP contribution in [0.5, 0.6) is 11.5 Å². The number of nitrogens with zero attached hydrogens (tertiary/aromatic N) is 2. The van der Waals surface area contributed by atoms with Gasteiger partial charge in [0.25, 0.3) is 5.91 Å². The summed E-state index contributed by atoms with van der Waals surface area (Å²) < 4.78 is 20.2. The van der Waals surface area contributed by atoms with Gasteiger partial charge in [-0.3, -0.25) is 14.6 Å². The largest absolute Gasteiger partial charge is 0.457 e. The Labute approximate surface area is 212 Å². The molecule has 10 heteroatoms. The molecule has 9 nitrogen and oxygen atoms in total. The Morgan fingerprint density at radius 1 is 0.919 bits per heavy atom. The zero-order valence-electron chi connectivity index (χ0n) is 19.8. The summed E-state index contributed by atoms with van der Waals surface area (Å²) in [7, 11) is 1.53. The predicted octanol–water partition coefficient (Wildman–Crippen LogP) is 5.38. The first-order chi connectivity index (χ1) is 17.9. The smallest absolute Gasteiger partial charge is 0.269 e. The molecule has 4 rings (SSSR count). The number of halogens is 1. The normalized spacial score (nSPS) is 10.2. The molecule has 0 bridgehead atoms. The average molecular weight is 499 g/mol. The molecule has 0 aliphatic rings. The molecule has 0 saturated carbocycles. The van der Waals surface area contributed by atoms with Crippen LogP contribution < -0.4 is 26.0 Å². The van der Waals surface area contributed by atoms with Gasteiger partial charge in [-0.2, -0.15) is 0 Å². The van der Waals surface area contributed by atoms with Gasteiger partial charge >= 0.3 is 0 Å². The number of carbonyl (C=O) groups is 2. The van der Waals surface area contributed by atoms with E-state index >= 15 is 0 Å². The van der Waals surface area contributed by atoms with Crippen molar-refractivity contribution in [3.05, 3.63) is 103 Å². The van der Waals surface area contributed by atoms with Gasteiger partial charge in [-0.1, -0.05) is 12.6 Å². The fourth-order valence-corrected chi connectivity index (χ4v) is 3.24. The second-order valence-corrected chi connectivity index (χ2v) is 7.66. The lowest BCUT2D eigenvalue weighted by Crippen LogP contribution is -2.18. The molecular formula is C27H23FN6O3. The van der Waals surface area contributed by atoms with Crippen molar-refractivity contribution in [2.75, 3.05) is 23.0 Å². The maximum Gasteiger partial charge on any atom is 0.269 e. The van der Waals surface area contributed by atoms with E-state index in [4.69, 9.17) is 4.74 Å². The highest BCUT2D eigenvalue weighted by atomic mass is 19.1. The summed E-state index contributed by atoms with van der Waals surface area (Å²) in [4.78, 5) is 31.4. The molecule has 2 amide bonds. The maximum absolute atomic E-state index is 14.4. The Morgan fingerprint density at radius 3 is 2.46 bits per heavy atom. The Kier molecular flexibility index (Phi) is 7.69. The molecule has 0 saturated heterocycles. The summed E-state index contributed by atoms with van der Waals surface area (Å²) in [5.74, 6) is 0.250. The first-order valence-corrected chi connectivity index (χ1v) is 11.1. The summed E-state index contributed by atoms with van der Waals surface area (Å²) in [6.45, 7) is 3.42. The van der Waals surface area contributed by atoms with Gasteiger partial charge in [-0.15, -0.1) is 0 Å². The standard InChI is InChI=1S/C27H23FN6O3/c1-3-26(35)34-19-6-4-5-18(13-19)32-23-15-25(31-16-22(23)28)33-17-7-9-20(10-8-17)37-21-11-12-30-24(14-21)27(36)29-2/h3-16H,1H2,2H3,(H,29,36)(H,34,35)(H2,31,32,33). The van der Waals surface area contributed by atoms with Crippen LogP contribution in [0.15, 0.2) is 91.8 Å². The Morgan fingerprint density at radius 2 is 1.70 bits per heavy atom. The SMILES string of the molecule is C=CC(=O)Nc1cccc(Nc2cc(Nc3ccc(Oc4ccnc(C(=O)NC)c4)cc3)ncc2F)c1. The Balaban J connectivity index is 1.43. The topological polar surface area (TPSA) is 117 Å². The highest BCUT2D eigenvalue weighted by Gasteiger charge is 2.09. The van der Waals surface area contributed by atoms with Gasteiger partial charge in [-0.25, -0.2) is 9.37 Å². The van der Waals surface area contributed by atoms with Crippen LogP contribution in [0.4, 0.5) is 33.0 Å². The number of carbonyl (C=O) groups excluding carboxylic acids is 2. The van der Waals surface area contributed by atoms with Crippen molar-refractivity contribution in [2.24, 2.45) is 0 Å². The number of amides is 2. The Hall–Kier alpha value is -5.25. The zero-order chi connectivity index (χ0) is 26.2. The molecule has 186 valence electrons. The lowest BCUT2D eigenvalue weighted by atomic mass is 10.2. The number of rotatable bonds is 9. The number of hydrogen-bond donors (Lipinski definition) is 4. The average Bonchev–Trinajstić information content (AvgIpc) is 2.91. The fourth-order valence-electron chi connectivity index (χ4n) is 3.24. The molecule has 0 aliphatic heterocycles. The second kappa shape index (κ2) is 11.5. The molecule has 0 spiro atoms. The van der Waals surface area contributed by atoms with Crippen molar-refractivity contribution in [1.82, 2.24) is 15.3 Å². The van der Waals surface area contributed by atoms with Crippen molar-refractivity contribution in [3.8, 4) is 11.5 Å². The number of ether oxygens (including phenoxy) is 1. The molecule has 0 radical (unpaired) electrons. The molecule has 37 heavy (non-hydrogen) atoms. The van der Waals surface area contributed by atoms with Crippen LogP contribution in [0.3, 0.4) is 0 Å². The lowest BCUT2D eigenvalue weighted by molar-refractivity contribution is -0.111. The third-order valence-electron chi connectivity index (χ3n) is 5.00. The van der Waals surface area contributed by atoms with Crippen LogP contribution in [-0.2, 0) is 4.79 Å². The first kappa shape index (κ1) is 24.9. The van der Waals surface area contributed by atoms with Crippen molar-refractivity contribution in [1.29, 1.82) is 0 Å². The van der Waals surface area contributed by atoms with Crippen LogP contribution in [0.25, 0.3) is 0 Å². The third-order valence-corrected chi connectivity index (χ3v) is 5.00. The number of hydrogen-bond acceptors (Lipinski definition) is 7. The van der Waals surface area contributed by atoms with E-state index in [1.807, 2.05) is 0 Å². The highest BCUT2D eigenvalue weighted by molar-refractivity contribution is 5.99. The molecule has 4 N–H and O–H groups in total. The van der Waals surface area contributed by atoms with E-state index in [0.29, 0.717) is 34.4 Å². The summed E-state index contributed by atoms with van der Waals surface area (Å²) in [5.41, 5.74) is 2.27. The number of nitrogens with one attached hydrogen (secondary N) is 4. The molecule has 0 aliphatic carbocycles. The quantitative estimate of drug-likeness (QED) is 0.229. The van der Waals surface area contributed by atoms with E-state index in [0.717, 1.165) is 6.20 Å². The van der Waals surface area contributed by atoms with E-state index < -0.39 is 5.82 Å². The molecule has 4 aromatic rings. The molecule has 2 heterocycles. The van der Waals surface area contributed by atoms with Crippen LogP contribution in [0.1, 0.15) is 10.5 Å². The van der Waals surface area contributed by atoms with E-state index in [1.54, 1.807) is 60.7 Å². The number of benzene rings is 2. The maximum atomic E-state index is 14.4. The van der Waals surface area contributed by atoms with E-state index in [1.165, 1.54) is 25.4 Å². The van der Waals surface area contributed by atoms with Gasteiger partial charge in [0, 0.05) is 42.4 Å². The minimum atomic E-state index is -0.539. The number of pyridine rings is 2. The minimum Gasteiger partial charge on any atom is -0.457 e. The molecule has 0 unspecified atom stereocenters. The molecule has 2 aromatic carbocycles. The lowest BCUT2D eigenvalue weighted by Gasteiger charge is -2.12. The zero-order valence-corrected chi connectivity index (χ0v) is 19.8. The highest BCUT2D eigenvalue weighted by Crippen LogP contribution is 2.27. The Bertz CT molecular complexity index is 1440. The van der Waals surface area contributed by atoms with Crippen molar-refractivity contribution < 1.29 is 18.7 Å². The van der Waals surface area contributed by atoms with E-state index in [2.05, 4.69) is 37.8 Å². The third kappa shape index (κ3) is 6.67. The molecule has 0 fully saturated rings. The monoisotopic (exact) mass is 498 g/mol. The summed E-state index contributed by atoms with van der Waals surface area (Å²) in [6, 6.07) is 18.6. The van der Waals surface area contributed by atoms with E-state index in [-0.39, 0.29) is 23.2 Å². The van der Waals surface area contributed by atoms with Gasteiger partial charge in [0.05, 0.1) is 11.9 Å². The number of anilines is 5. The van der Waals surface area contributed by atoms with Crippen LogP contribution in [0, 0.1) is 5.82 Å². The van der Waals surface area contributed by atoms with Gasteiger partial charge < -0.3 is 26.0 Å². The summed E-state index contributed by atoms with van der Waals surface area (Å²) in [6.07, 6.45) is 3.77. The molecule has 0 atom stereocenters. The molecule has 2 aromatic heterocycles. The molecular weight excluding hydrogens is 475 g/mol. The van der Waals surface area contributed by atoms with Gasteiger partial charge in [0.15, 0.2) is 5.82 Å². The van der Waals surface area contributed by atoms with Gasteiger partial charge in [-0.05, 0) is 54.6 Å². The van der Waals surface area contributed by atoms with Crippen LogP contribution in [-0.4, -0.2) is 28.8 Å². The van der Waals surface area contributed by atoms with Crippen molar-refractivity contribution in [2.45, 2.75) is 0 Å². The van der Waals surface area contributed by atoms with Gasteiger partial charge in [0.1, 0.15) is 23.0 Å². The second-order valence-electron chi connectivity index (χ2n) is 7.66.